The number of anilines is 1. The first-order valence-corrected chi connectivity index (χ1v) is 11.5. The number of carbonyl (C=O) groups excluding carboxylic acids is 3. The Morgan fingerprint density at radius 3 is 2.18 bits per heavy atom. The summed E-state index contributed by atoms with van der Waals surface area (Å²) in [4.78, 5) is 44.1. The van der Waals surface area contributed by atoms with Crippen molar-refractivity contribution in [3.8, 4) is 0 Å². The fourth-order valence-corrected chi connectivity index (χ4v) is 3.74. The van der Waals surface area contributed by atoms with Gasteiger partial charge in [0.05, 0.1) is 11.4 Å². The lowest BCUT2D eigenvalue weighted by molar-refractivity contribution is -0.136. The molecule has 0 aliphatic rings. The molecule has 0 radical (unpaired) electrons. The van der Waals surface area contributed by atoms with E-state index in [0.717, 1.165) is 0 Å². The summed E-state index contributed by atoms with van der Waals surface area (Å²) in [5, 5.41) is 4.55. The maximum Gasteiger partial charge on any atom is 0.313 e. The predicted octanol–water partition coefficient (Wildman–Crippen LogP) is 1.90. The zero-order valence-corrected chi connectivity index (χ0v) is 18.2. The molecule has 0 spiro atoms. The number of pyridine rings is 2. The highest BCUT2D eigenvalue weighted by molar-refractivity contribution is 7.91. The highest BCUT2D eigenvalue weighted by Gasteiger charge is 2.18. The number of aromatic nitrogens is 2. The second-order valence-electron chi connectivity index (χ2n) is 6.73. The molecule has 0 bridgehead atoms. The van der Waals surface area contributed by atoms with Crippen LogP contribution in [-0.4, -0.2) is 48.3 Å². The third kappa shape index (κ3) is 6.91. The number of nitrogens with zero attached hydrogens (tertiary/aromatic N) is 2. The van der Waals surface area contributed by atoms with Gasteiger partial charge >= 0.3 is 11.8 Å². The van der Waals surface area contributed by atoms with Gasteiger partial charge < -0.3 is 10.6 Å². The minimum Gasteiger partial charge on any atom is -0.347 e. The number of allylic oxidation sites excluding steroid dienone is 1. The topological polar surface area (TPSA) is 135 Å². The van der Waals surface area contributed by atoms with Crippen molar-refractivity contribution in [2.75, 3.05) is 17.6 Å². The molecule has 2 aromatic heterocycles. The van der Waals surface area contributed by atoms with E-state index in [2.05, 4.69) is 20.6 Å². The number of hydrogen-bond acceptors (Lipinski definition) is 7. The Hall–Kier alpha value is -4.18. The van der Waals surface area contributed by atoms with Gasteiger partial charge in [0.1, 0.15) is 0 Å². The van der Waals surface area contributed by atoms with Crippen molar-refractivity contribution < 1.29 is 22.8 Å². The van der Waals surface area contributed by atoms with Crippen molar-refractivity contribution in [2.45, 2.75) is 5.03 Å². The summed E-state index contributed by atoms with van der Waals surface area (Å²) in [5.74, 6) is -2.58. The molecule has 3 rings (SSSR count). The highest BCUT2D eigenvalue weighted by Crippen LogP contribution is 2.11. The van der Waals surface area contributed by atoms with Crippen LogP contribution in [0.3, 0.4) is 0 Å². The van der Waals surface area contributed by atoms with Crippen LogP contribution < -0.4 is 10.6 Å². The molecule has 0 saturated heterocycles. The molecule has 0 saturated carbocycles. The first-order valence-electron chi connectivity index (χ1n) is 9.82. The summed E-state index contributed by atoms with van der Waals surface area (Å²) in [6, 6.07) is 15.8. The van der Waals surface area contributed by atoms with Gasteiger partial charge in [-0.25, -0.2) is 13.4 Å². The van der Waals surface area contributed by atoms with Gasteiger partial charge in [0.2, 0.25) is 0 Å². The van der Waals surface area contributed by atoms with Crippen LogP contribution in [0, 0.1) is 0 Å². The maximum atomic E-state index is 12.2. The molecule has 0 atom stereocenters. The first kappa shape index (κ1) is 23.5. The molecule has 0 fully saturated rings. The van der Waals surface area contributed by atoms with E-state index < -0.39 is 27.4 Å². The number of nitrogens with one attached hydrogen (secondary N) is 2. The van der Waals surface area contributed by atoms with Crippen LogP contribution in [0.5, 0.6) is 0 Å². The molecule has 0 aliphatic heterocycles. The molecule has 2 amide bonds. The Bertz CT molecular complexity index is 1260. The Balaban J connectivity index is 1.49. The van der Waals surface area contributed by atoms with Gasteiger partial charge in [-0.2, -0.15) is 0 Å². The van der Waals surface area contributed by atoms with E-state index in [9.17, 15) is 22.8 Å². The van der Waals surface area contributed by atoms with Crippen LogP contribution in [0.15, 0.2) is 84.2 Å². The van der Waals surface area contributed by atoms with Crippen molar-refractivity contribution in [1.82, 2.24) is 15.3 Å². The summed E-state index contributed by atoms with van der Waals surface area (Å²) in [7, 11) is -3.68. The van der Waals surface area contributed by atoms with E-state index in [1.54, 1.807) is 36.5 Å². The lowest BCUT2D eigenvalue weighted by Crippen LogP contribution is -2.37. The summed E-state index contributed by atoms with van der Waals surface area (Å²) >= 11 is 0. The molecule has 1 aromatic carbocycles. The van der Waals surface area contributed by atoms with Crippen molar-refractivity contribution >= 4 is 39.2 Å². The minimum absolute atomic E-state index is 0.104. The van der Waals surface area contributed by atoms with Crippen molar-refractivity contribution in [1.29, 1.82) is 0 Å². The number of amides is 2. The molecule has 2 N–H and O–H groups in total. The van der Waals surface area contributed by atoms with Crippen molar-refractivity contribution in [2.24, 2.45) is 0 Å². The fraction of sp³-hybridized carbons (Fsp3) is 0.0870. The Morgan fingerprint density at radius 2 is 1.55 bits per heavy atom. The quantitative estimate of drug-likeness (QED) is 0.295. The van der Waals surface area contributed by atoms with E-state index in [1.807, 2.05) is 6.07 Å². The van der Waals surface area contributed by atoms with Crippen LogP contribution >= 0.6 is 0 Å². The molecular formula is C23H20N4O5S. The van der Waals surface area contributed by atoms with Crippen LogP contribution in [0.2, 0.25) is 0 Å². The zero-order valence-electron chi connectivity index (χ0n) is 17.3. The molecule has 10 heteroatoms. The predicted molar refractivity (Wildman–Crippen MR) is 122 cm³/mol. The normalized spacial score (nSPS) is 11.2. The lowest BCUT2D eigenvalue weighted by Gasteiger charge is -2.07. The van der Waals surface area contributed by atoms with Gasteiger partial charge in [-0.1, -0.05) is 12.1 Å². The summed E-state index contributed by atoms with van der Waals surface area (Å²) in [5.41, 5.74) is 1.35. The first-order chi connectivity index (χ1) is 15.8. The second kappa shape index (κ2) is 10.9. The number of benzene rings is 1. The molecule has 0 aliphatic carbocycles. The lowest BCUT2D eigenvalue weighted by atomic mass is 10.1. The SMILES string of the molecule is O=C(NCCS(=O)(=O)c1ccccn1)C(=O)Nc1ccc(C(=O)C=Cc2ccccn2)cc1. The number of carbonyl (C=O) groups is 3. The number of ketones is 1. The van der Waals surface area contributed by atoms with E-state index in [1.165, 1.54) is 42.6 Å². The second-order valence-corrected chi connectivity index (χ2v) is 8.78. The van der Waals surface area contributed by atoms with Crippen LogP contribution in [0.25, 0.3) is 6.08 Å². The standard InChI is InChI=1S/C23H20N4O5S/c28-20(12-11-18-5-1-3-13-24-18)17-7-9-19(10-8-17)27-23(30)22(29)26-15-16-33(31,32)21-6-2-4-14-25-21/h1-14H,15-16H2,(H,26,29)(H,27,30). The zero-order chi connectivity index (χ0) is 23.7. The Kier molecular flexibility index (Phi) is 7.77. The average Bonchev–Trinajstić information content (AvgIpc) is 2.84. The van der Waals surface area contributed by atoms with Gasteiger partial charge in [0, 0.05) is 30.2 Å². The number of hydrogen-bond donors (Lipinski definition) is 2. The largest absolute Gasteiger partial charge is 0.347 e. The summed E-state index contributed by atoms with van der Waals surface area (Å²) < 4.78 is 24.3. The van der Waals surface area contributed by atoms with Crippen molar-refractivity contribution in [3.63, 3.8) is 0 Å². The smallest absolute Gasteiger partial charge is 0.313 e. The molecule has 2 heterocycles. The van der Waals surface area contributed by atoms with E-state index in [0.29, 0.717) is 16.9 Å². The summed E-state index contributed by atoms with van der Waals surface area (Å²) in [6.07, 6.45) is 5.96. The Morgan fingerprint density at radius 1 is 0.848 bits per heavy atom. The molecular weight excluding hydrogens is 444 g/mol. The Labute approximate surface area is 190 Å². The third-order valence-corrected chi connectivity index (χ3v) is 5.96. The molecule has 33 heavy (non-hydrogen) atoms. The van der Waals surface area contributed by atoms with Gasteiger partial charge in [0.15, 0.2) is 20.6 Å². The summed E-state index contributed by atoms with van der Waals surface area (Å²) in [6.45, 7) is -0.249. The number of rotatable bonds is 8. The van der Waals surface area contributed by atoms with Gasteiger partial charge in [-0.3, -0.25) is 19.4 Å². The van der Waals surface area contributed by atoms with E-state index in [-0.39, 0.29) is 17.4 Å². The molecule has 3 aromatic rings. The molecule has 0 unspecified atom stereocenters. The highest BCUT2D eigenvalue weighted by atomic mass is 32.2. The fourth-order valence-electron chi connectivity index (χ4n) is 2.65. The van der Waals surface area contributed by atoms with Gasteiger partial charge in [-0.15, -0.1) is 0 Å². The maximum absolute atomic E-state index is 12.2. The third-order valence-electron chi connectivity index (χ3n) is 4.34. The van der Waals surface area contributed by atoms with Crippen LogP contribution in [-0.2, 0) is 19.4 Å². The van der Waals surface area contributed by atoms with E-state index in [4.69, 9.17) is 0 Å². The minimum atomic E-state index is -3.68. The van der Waals surface area contributed by atoms with Crippen molar-refractivity contribution in [3.05, 3.63) is 90.4 Å². The van der Waals surface area contributed by atoms with Gasteiger partial charge in [-0.05, 0) is 60.7 Å². The van der Waals surface area contributed by atoms with E-state index >= 15 is 0 Å². The molecule has 168 valence electrons. The van der Waals surface area contributed by atoms with Gasteiger partial charge in [0.25, 0.3) is 0 Å². The van der Waals surface area contributed by atoms with Crippen LogP contribution in [0.1, 0.15) is 16.1 Å². The average molecular weight is 465 g/mol. The number of sulfone groups is 1. The van der Waals surface area contributed by atoms with Crippen LogP contribution in [0.4, 0.5) is 5.69 Å². The monoisotopic (exact) mass is 464 g/mol. The molecule has 9 nitrogen and oxygen atoms in total.